The van der Waals surface area contributed by atoms with Crippen molar-refractivity contribution in [1.29, 1.82) is 0 Å². The minimum absolute atomic E-state index is 0.0211. The molecular formula is C15H23NO3. The van der Waals surface area contributed by atoms with Gasteiger partial charge >= 0.3 is 0 Å². The molecule has 4 heteroatoms. The van der Waals surface area contributed by atoms with E-state index in [2.05, 4.69) is 11.8 Å². The van der Waals surface area contributed by atoms with E-state index in [9.17, 15) is 10.2 Å². The summed E-state index contributed by atoms with van der Waals surface area (Å²) < 4.78 is 5.19. The first kappa shape index (κ1) is 14.2. The molecule has 0 spiro atoms. The van der Waals surface area contributed by atoms with Gasteiger partial charge < -0.3 is 14.9 Å². The third-order valence-corrected chi connectivity index (χ3v) is 3.92. The summed E-state index contributed by atoms with van der Waals surface area (Å²) in [6.45, 7) is 4.89. The third-order valence-electron chi connectivity index (χ3n) is 3.92. The van der Waals surface area contributed by atoms with E-state index in [1.807, 2.05) is 6.07 Å². The molecule has 1 fully saturated rings. The number of benzene rings is 1. The van der Waals surface area contributed by atoms with Crippen LogP contribution in [0.2, 0.25) is 0 Å². The van der Waals surface area contributed by atoms with Gasteiger partial charge in [0.05, 0.1) is 7.11 Å². The molecule has 0 aliphatic carbocycles. The van der Waals surface area contributed by atoms with E-state index in [1.54, 1.807) is 19.2 Å². The van der Waals surface area contributed by atoms with Gasteiger partial charge in [0.15, 0.2) is 0 Å². The number of aromatic hydroxyl groups is 1. The van der Waals surface area contributed by atoms with Crippen molar-refractivity contribution >= 4 is 0 Å². The van der Waals surface area contributed by atoms with Gasteiger partial charge in [-0.3, -0.25) is 4.90 Å². The monoisotopic (exact) mass is 265 g/mol. The molecule has 0 radical (unpaired) electrons. The van der Waals surface area contributed by atoms with Crippen LogP contribution in [0.5, 0.6) is 11.5 Å². The topological polar surface area (TPSA) is 52.9 Å². The van der Waals surface area contributed by atoms with Crippen molar-refractivity contribution in [2.45, 2.75) is 26.3 Å². The quantitative estimate of drug-likeness (QED) is 0.874. The zero-order valence-electron chi connectivity index (χ0n) is 11.7. The summed E-state index contributed by atoms with van der Waals surface area (Å²) in [4.78, 5) is 2.29. The number of hydrogen-bond donors (Lipinski definition) is 2. The number of aliphatic hydroxyl groups is 1. The Hall–Kier alpha value is -1.26. The first-order valence-electron chi connectivity index (χ1n) is 6.75. The zero-order chi connectivity index (χ0) is 13.9. The van der Waals surface area contributed by atoms with Crippen molar-refractivity contribution in [3.05, 3.63) is 23.8 Å². The van der Waals surface area contributed by atoms with Gasteiger partial charge in [0, 0.05) is 30.7 Å². The van der Waals surface area contributed by atoms with E-state index in [-0.39, 0.29) is 12.0 Å². The van der Waals surface area contributed by atoms with Gasteiger partial charge in [0.2, 0.25) is 0 Å². The van der Waals surface area contributed by atoms with Crippen molar-refractivity contribution in [1.82, 2.24) is 4.90 Å². The van der Waals surface area contributed by atoms with Gasteiger partial charge in [-0.15, -0.1) is 0 Å². The summed E-state index contributed by atoms with van der Waals surface area (Å²) in [6.07, 6.45) is 2.14. The molecule has 1 saturated heterocycles. The smallest absolute Gasteiger partial charge is 0.120 e. The number of ether oxygens (including phenoxy) is 1. The number of phenols is 1. The average Bonchev–Trinajstić information content (AvgIpc) is 2.41. The molecule has 2 rings (SSSR count). The number of methoxy groups -OCH3 is 1. The third kappa shape index (κ3) is 3.39. The summed E-state index contributed by atoms with van der Waals surface area (Å²) in [5, 5.41) is 19.4. The van der Waals surface area contributed by atoms with Crippen LogP contribution >= 0.6 is 0 Å². The number of hydrogen-bond acceptors (Lipinski definition) is 4. The van der Waals surface area contributed by atoms with Crippen molar-refractivity contribution in [3.63, 3.8) is 0 Å². The van der Waals surface area contributed by atoms with E-state index in [0.717, 1.165) is 37.2 Å². The first-order chi connectivity index (χ1) is 9.06. The molecule has 106 valence electrons. The number of piperidine rings is 1. The van der Waals surface area contributed by atoms with Crippen LogP contribution in [-0.2, 0) is 6.54 Å². The van der Waals surface area contributed by atoms with Gasteiger partial charge in [-0.1, -0.05) is 6.92 Å². The maximum absolute atomic E-state index is 9.92. The fourth-order valence-corrected chi connectivity index (χ4v) is 2.75. The minimum Gasteiger partial charge on any atom is -0.508 e. The molecular weight excluding hydrogens is 242 g/mol. The first-order valence-corrected chi connectivity index (χ1v) is 6.75. The Balaban J connectivity index is 2.08. The fraction of sp³-hybridized carbons (Fsp3) is 0.600. The van der Waals surface area contributed by atoms with Crippen molar-refractivity contribution in [3.8, 4) is 11.5 Å². The van der Waals surface area contributed by atoms with Gasteiger partial charge in [-0.2, -0.15) is 0 Å². The predicted molar refractivity (Wildman–Crippen MR) is 74.4 cm³/mol. The number of likely N-dealkylation sites (tertiary alicyclic amines) is 1. The van der Waals surface area contributed by atoms with Gasteiger partial charge in [0.1, 0.15) is 11.5 Å². The highest BCUT2D eigenvalue weighted by atomic mass is 16.5. The SMILES string of the molecule is COc1ccc(O)c(CN2CCCC(C)(CO)C2)c1. The Labute approximate surface area is 114 Å². The molecule has 1 atom stereocenters. The van der Waals surface area contributed by atoms with E-state index >= 15 is 0 Å². The van der Waals surface area contributed by atoms with Crippen molar-refractivity contribution in [2.24, 2.45) is 5.41 Å². The molecule has 1 aliphatic rings. The standard InChI is InChI=1S/C15H23NO3/c1-15(11-17)6-3-7-16(10-15)9-12-8-13(19-2)4-5-14(12)18/h4-5,8,17-18H,3,6-7,9-11H2,1-2H3. The van der Waals surface area contributed by atoms with Crippen LogP contribution in [0.4, 0.5) is 0 Å². The summed E-state index contributed by atoms with van der Waals surface area (Å²) in [6, 6.07) is 5.30. The van der Waals surface area contributed by atoms with Crippen LogP contribution in [0, 0.1) is 5.41 Å². The Morgan fingerprint density at radius 2 is 2.21 bits per heavy atom. The second kappa shape index (κ2) is 5.80. The summed E-state index contributed by atoms with van der Waals surface area (Å²) in [7, 11) is 1.62. The number of phenolic OH excluding ortho intramolecular Hbond substituents is 1. The molecule has 1 aromatic rings. The molecule has 0 aromatic heterocycles. The molecule has 19 heavy (non-hydrogen) atoms. The lowest BCUT2D eigenvalue weighted by Gasteiger charge is -2.39. The van der Waals surface area contributed by atoms with E-state index in [0.29, 0.717) is 12.3 Å². The van der Waals surface area contributed by atoms with Crippen LogP contribution in [0.25, 0.3) is 0 Å². The van der Waals surface area contributed by atoms with Crippen LogP contribution in [-0.4, -0.2) is 41.9 Å². The zero-order valence-corrected chi connectivity index (χ0v) is 11.7. The van der Waals surface area contributed by atoms with Crippen LogP contribution in [0.1, 0.15) is 25.3 Å². The predicted octanol–water partition coefficient (Wildman–Crippen LogP) is 2.00. The molecule has 2 N–H and O–H groups in total. The molecule has 0 bridgehead atoms. The number of nitrogens with zero attached hydrogens (tertiary/aromatic N) is 1. The lowest BCUT2D eigenvalue weighted by molar-refractivity contribution is 0.0426. The number of rotatable bonds is 4. The molecule has 1 heterocycles. The highest BCUT2D eigenvalue weighted by Gasteiger charge is 2.30. The maximum Gasteiger partial charge on any atom is 0.120 e. The van der Waals surface area contributed by atoms with Crippen molar-refractivity contribution < 1.29 is 14.9 Å². The highest BCUT2D eigenvalue weighted by molar-refractivity contribution is 5.39. The van der Waals surface area contributed by atoms with E-state index in [1.165, 1.54) is 0 Å². The van der Waals surface area contributed by atoms with Gasteiger partial charge in [-0.05, 0) is 37.6 Å². The van der Waals surface area contributed by atoms with E-state index in [4.69, 9.17) is 4.74 Å². The summed E-state index contributed by atoms with van der Waals surface area (Å²) in [5.74, 6) is 1.06. The van der Waals surface area contributed by atoms with E-state index < -0.39 is 0 Å². The lowest BCUT2D eigenvalue weighted by atomic mass is 9.82. The largest absolute Gasteiger partial charge is 0.508 e. The Morgan fingerprint density at radius 3 is 2.89 bits per heavy atom. The minimum atomic E-state index is -0.0211. The van der Waals surface area contributed by atoms with Crippen LogP contribution in [0.3, 0.4) is 0 Å². The summed E-state index contributed by atoms with van der Waals surface area (Å²) in [5.41, 5.74) is 0.855. The Bertz CT molecular complexity index is 435. The number of aliphatic hydroxyl groups excluding tert-OH is 1. The Kier molecular flexibility index (Phi) is 4.32. The van der Waals surface area contributed by atoms with Gasteiger partial charge in [0.25, 0.3) is 0 Å². The normalized spacial score (nSPS) is 24.4. The maximum atomic E-state index is 9.92. The molecule has 0 amide bonds. The van der Waals surface area contributed by atoms with Gasteiger partial charge in [-0.25, -0.2) is 0 Å². The summed E-state index contributed by atoms with van der Waals surface area (Å²) >= 11 is 0. The molecule has 0 saturated carbocycles. The van der Waals surface area contributed by atoms with Crippen molar-refractivity contribution in [2.75, 3.05) is 26.8 Å². The fourth-order valence-electron chi connectivity index (χ4n) is 2.75. The molecule has 1 aliphatic heterocycles. The van der Waals surface area contributed by atoms with Crippen LogP contribution < -0.4 is 4.74 Å². The molecule has 4 nitrogen and oxygen atoms in total. The molecule has 1 unspecified atom stereocenters. The molecule has 1 aromatic carbocycles. The average molecular weight is 265 g/mol. The lowest BCUT2D eigenvalue weighted by Crippen LogP contribution is -2.43. The second-order valence-electron chi connectivity index (χ2n) is 5.78. The Morgan fingerprint density at radius 1 is 1.42 bits per heavy atom. The highest BCUT2D eigenvalue weighted by Crippen LogP contribution is 2.31. The van der Waals surface area contributed by atoms with Crippen LogP contribution in [0.15, 0.2) is 18.2 Å². The second-order valence-corrected chi connectivity index (χ2v) is 5.78.